The first-order chi connectivity index (χ1) is 18.9. The fraction of sp³-hybridized carbons (Fsp3) is 0.357. The first-order valence-corrected chi connectivity index (χ1v) is 13.8. The Labute approximate surface area is 230 Å². The molecular weight excluding hydrogens is 516 g/mol. The van der Waals surface area contributed by atoms with Gasteiger partial charge in [-0.3, -0.25) is 23.7 Å². The van der Waals surface area contributed by atoms with Gasteiger partial charge in [0.1, 0.15) is 0 Å². The van der Waals surface area contributed by atoms with Crippen molar-refractivity contribution in [2.45, 2.75) is 24.9 Å². The zero-order valence-corrected chi connectivity index (χ0v) is 22.8. The molecule has 2 aromatic heterocycles. The number of piperazine rings is 1. The summed E-state index contributed by atoms with van der Waals surface area (Å²) in [6.45, 7) is 3.82. The van der Waals surface area contributed by atoms with E-state index in [0.717, 1.165) is 45.9 Å². The molecule has 39 heavy (non-hydrogen) atoms. The molecule has 4 aromatic rings. The summed E-state index contributed by atoms with van der Waals surface area (Å²) in [6.07, 6.45) is 4.27. The van der Waals surface area contributed by atoms with E-state index in [0.29, 0.717) is 29.8 Å². The summed E-state index contributed by atoms with van der Waals surface area (Å²) in [5.74, 6) is -0.132. The third-order valence-electron chi connectivity index (χ3n) is 7.56. The number of thiazole rings is 1. The Bertz CT molecular complexity index is 1500. The topological polar surface area (TPSA) is 119 Å². The number of nitrogens with one attached hydrogen (secondary N) is 2. The van der Waals surface area contributed by atoms with Crippen LogP contribution < -0.4 is 10.6 Å². The second-order valence-corrected chi connectivity index (χ2v) is 10.9. The van der Waals surface area contributed by atoms with Gasteiger partial charge in [0.25, 0.3) is 18.3 Å². The van der Waals surface area contributed by atoms with Gasteiger partial charge < -0.3 is 20.6 Å². The van der Waals surface area contributed by atoms with E-state index >= 15 is 0 Å². The zero-order valence-electron chi connectivity index (χ0n) is 22.0. The molecule has 2 atom stereocenters. The van der Waals surface area contributed by atoms with Gasteiger partial charge >= 0.3 is 0 Å². The van der Waals surface area contributed by atoms with Crippen molar-refractivity contribution in [3.05, 3.63) is 59.8 Å². The summed E-state index contributed by atoms with van der Waals surface area (Å²) in [5, 5.41) is 12.6. The maximum absolute atomic E-state index is 12.8. The Morgan fingerprint density at radius 3 is 2.51 bits per heavy atom. The van der Waals surface area contributed by atoms with Crippen LogP contribution in [0.25, 0.3) is 26.4 Å². The van der Waals surface area contributed by atoms with E-state index in [-0.39, 0.29) is 18.3 Å². The fourth-order valence-electron chi connectivity index (χ4n) is 5.53. The summed E-state index contributed by atoms with van der Waals surface area (Å²) < 4.78 is 3.09. The monoisotopic (exact) mass is 548 g/mol. The molecule has 2 aromatic carbocycles. The van der Waals surface area contributed by atoms with Crippen molar-refractivity contribution in [3.8, 4) is 11.3 Å². The largest absolute Gasteiger partial charge is 0.483 e. The van der Waals surface area contributed by atoms with Gasteiger partial charge in [-0.2, -0.15) is 0 Å². The number of rotatable bonds is 7. The second kappa shape index (κ2) is 11.5. The Morgan fingerprint density at radius 2 is 1.85 bits per heavy atom. The number of likely N-dealkylation sites (N-methyl/N-ethyl adjacent to an activating group) is 1. The summed E-state index contributed by atoms with van der Waals surface area (Å²) in [4.78, 5) is 43.6. The van der Waals surface area contributed by atoms with Crippen LogP contribution in [0.1, 0.15) is 33.6 Å². The van der Waals surface area contributed by atoms with Gasteiger partial charge in [0, 0.05) is 68.2 Å². The van der Waals surface area contributed by atoms with E-state index in [2.05, 4.69) is 31.9 Å². The van der Waals surface area contributed by atoms with Crippen molar-refractivity contribution in [1.82, 2.24) is 29.8 Å². The van der Waals surface area contributed by atoms with Crippen LogP contribution in [0.5, 0.6) is 0 Å². The highest BCUT2D eigenvalue weighted by atomic mass is 32.1. The smallest absolute Gasteiger partial charge is 0.290 e. The minimum Gasteiger partial charge on any atom is -0.483 e. The van der Waals surface area contributed by atoms with Crippen LogP contribution in [0.15, 0.2) is 48.7 Å². The van der Waals surface area contributed by atoms with Crippen LogP contribution in [0.3, 0.4) is 0 Å². The van der Waals surface area contributed by atoms with Crippen LogP contribution in [0.4, 0.5) is 0 Å². The lowest BCUT2D eigenvalue weighted by atomic mass is 10.1. The van der Waals surface area contributed by atoms with E-state index in [9.17, 15) is 9.59 Å². The molecular formula is C28H32N6O4S. The second-order valence-electron chi connectivity index (χ2n) is 9.91. The van der Waals surface area contributed by atoms with Crippen molar-refractivity contribution in [1.29, 1.82) is 0 Å². The number of fused-ring (bicyclic) bond motifs is 5. The number of hydrogen-bond acceptors (Lipinski definition) is 7. The van der Waals surface area contributed by atoms with Crippen molar-refractivity contribution < 1.29 is 19.5 Å². The predicted molar refractivity (Wildman–Crippen MR) is 151 cm³/mol. The molecule has 2 amide bonds. The van der Waals surface area contributed by atoms with Gasteiger partial charge in [0.2, 0.25) is 0 Å². The number of carbonyl (C=O) groups excluding carboxylic acids is 2. The average molecular weight is 549 g/mol. The number of benzene rings is 2. The van der Waals surface area contributed by atoms with E-state index in [1.807, 2.05) is 36.5 Å². The molecule has 2 saturated heterocycles. The van der Waals surface area contributed by atoms with Crippen LogP contribution in [0.2, 0.25) is 0 Å². The lowest BCUT2D eigenvalue weighted by Gasteiger charge is -2.31. The van der Waals surface area contributed by atoms with Crippen molar-refractivity contribution in [3.63, 3.8) is 0 Å². The van der Waals surface area contributed by atoms with Crippen LogP contribution in [0, 0.1) is 0 Å². The molecule has 4 heterocycles. The maximum Gasteiger partial charge on any atom is 0.290 e. The lowest BCUT2D eigenvalue weighted by Crippen LogP contribution is -2.45. The summed E-state index contributed by atoms with van der Waals surface area (Å²) >= 11 is 1.57. The molecule has 0 saturated carbocycles. The van der Waals surface area contributed by atoms with Gasteiger partial charge in [-0.1, -0.05) is 23.5 Å². The van der Waals surface area contributed by atoms with Gasteiger partial charge in [0.15, 0.2) is 4.96 Å². The molecule has 0 radical (unpaired) electrons. The highest BCUT2D eigenvalue weighted by Gasteiger charge is 2.40. The predicted octanol–water partition coefficient (Wildman–Crippen LogP) is 2.78. The zero-order chi connectivity index (χ0) is 27.5. The minimum atomic E-state index is -0.250. The van der Waals surface area contributed by atoms with Gasteiger partial charge in [-0.15, -0.1) is 0 Å². The van der Waals surface area contributed by atoms with Crippen LogP contribution in [-0.2, 0) is 4.79 Å². The molecule has 2 aliphatic rings. The highest BCUT2D eigenvalue weighted by Crippen LogP contribution is 2.31. The summed E-state index contributed by atoms with van der Waals surface area (Å²) in [7, 11) is 3.84. The first-order valence-electron chi connectivity index (χ1n) is 13.0. The Kier molecular flexibility index (Phi) is 7.92. The summed E-state index contributed by atoms with van der Waals surface area (Å²) in [6, 6.07) is 14.7. The fourth-order valence-corrected chi connectivity index (χ4v) is 6.57. The number of amides is 2. The number of carbonyl (C=O) groups is 3. The SMILES string of the molecule is CNC(=O)c1ccc(-c2cn3c(n2)sc2cc(C(=O)NCCCN4CC5CC4CN5C)ccc23)cc1.O=CO. The molecule has 2 unspecified atom stereocenters. The minimum absolute atomic E-state index is 0.0255. The molecule has 3 N–H and O–H groups in total. The molecule has 2 fully saturated rings. The molecule has 0 spiro atoms. The number of aromatic nitrogens is 2. The Balaban J connectivity index is 0.000000983. The molecule has 0 aliphatic carbocycles. The molecule has 11 heteroatoms. The quantitative estimate of drug-likeness (QED) is 0.240. The molecule has 2 bridgehead atoms. The van der Waals surface area contributed by atoms with Gasteiger partial charge in [-0.05, 0) is 50.2 Å². The molecule has 2 aliphatic heterocycles. The van der Waals surface area contributed by atoms with Gasteiger partial charge in [0.05, 0.1) is 15.9 Å². The number of carboxylic acid groups (broad SMARTS) is 1. The van der Waals surface area contributed by atoms with Crippen molar-refractivity contribution in [2.75, 3.05) is 40.3 Å². The highest BCUT2D eigenvalue weighted by molar-refractivity contribution is 7.23. The third-order valence-corrected chi connectivity index (χ3v) is 8.58. The first kappa shape index (κ1) is 26.8. The normalized spacial score (nSPS) is 18.7. The van der Waals surface area contributed by atoms with E-state index < -0.39 is 0 Å². The van der Waals surface area contributed by atoms with Crippen LogP contribution >= 0.6 is 11.3 Å². The number of nitrogens with zero attached hydrogens (tertiary/aromatic N) is 4. The standard InChI is InChI=1S/C27H30N6O2S.CH2O2/c1-28-25(34)18-6-4-17(5-7-18)22-16-33-23-9-8-19(12-24(23)36-27(33)30-22)26(35)29-10-3-11-32-15-20-13-21(32)14-31(20)2;2-1-3/h4-9,12,16,20-21H,3,10-11,13-15H2,1-2H3,(H,28,34)(H,29,35);1H,(H,2,3). The van der Waals surface area contributed by atoms with Crippen molar-refractivity contribution >= 4 is 44.8 Å². The number of hydrogen-bond donors (Lipinski definition) is 3. The van der Waals surface area contributed by atoms with E-state index in [4.69, 9.17) is 14.9 Å². The Morgan fingerprint density at radius 1 is 1.10 bits per heavy atom. The van der Waals surface area contributed by atoms with Crippen molar-refractivity contribution in [2.24, 2.45) is 0 Å². The Hall–Kier alpha value is -3.80. The lowest BCUT2D eigenvalue weighted by molar-refractivity contribution is -0.122. The number of imidazole rings is 1. The van der Waals surface area contributed by atoms with Crippen LogP contribution in [-0.4, -0.2) is 94.9 Å². The molecule has 6 rings (SSSR count). The molecule has 10 nitrogen and oxygen atoms in total. The summed E-state index contributed by atoms with van der Waals surface area (Å²) in [5.41, 5.74) is 4.14. The average Bonchev–Trinajstić information content (AvgIpc) is 3.70. The molecule has 204 valence electrons. The maximum atomic E-state index is 12.8. The van der Waals surface area contributed by atoms with E-state index in [1.165, 1.54) is 13.0 Å². The van der Waals surface area contributed by atoms with Gasteiger partial charge in [-0.25, -0.2) is 4.98 Å². The third kappa shape index (κ3) is 5.51. The number of likely N-dealkylation sites (tertiary alicyclic amines) is 2. The van der Waals surface area contributed by atoms with E-state index in [1.54, 1.807) is 30.5 Å².